The summed E-state index contributed by atoms with van der Waals surface area (Å²) in [6.07, 6.45) is 0. The summed E-state index contributed by atoms with van der Waals surface area (Å²) in [5.41, 5.74) is 1.20. The van der Waals surface area contributed by atoms with Gasteiger partial charge in [-0.15, -0.1) is 10.2 Å². The molecule has 0 saturated heterocycles. The number of carbonyl (C=O) groups is 1. The molecule has 0 unspecified atom stereocenters. The fourth-order valence-electron chi connectivity index (χ4n) is 2.35. The summed E-state index contributed by atoms with van der Waals surface area (Å²) in [5, 5.41) is 14.4. The first-order valence-electron chi connectivity index (χ1n) is 7.99. The third kappa shape index (κ3) is 4.65. The second kappa shape index (κ2) is 8.37. The van der Waals surface area contributed by atoms with Crippen LogP contribution in [0.4, 0.5) is 17.3 Å². The maximum atomic E-state index is 12.4. The Morgan fingerprint density at radius 2 is 1.67 bits per heavy atom. The first kappa shape index (κ1) is 18.5. The van der Waals surface area contributed by atoms with E-state index < -0.39 is 0 Å². The van der Waals surface area contributed by atoms with Crippen LogP contribution in [0.3, 0.4) is 0 Å². The number of amides is 1. The fourth-order valence-corrected chi connectivity index (χ4v) is 2.54. The third-order valence-electron chi connectivity index (χ3n) is 3.65. The average Bonchev–Trinajstić information content (AvgIpc) is 2.69. The number of hydrogen-bond donors (Lipinski definition) is 2. The minimum atomic E-state index is -0.333. The number of nitrogens with one attached hydrogen (secondary N) is 2. The molecule has 0 aliphatic carbocycles. The highest BCUT2D eigenvalue weighted by molar-refractivity contribution is 6.30. The van der Waals surface area contributed by atoms with Crippen molar-refractivity contribution in [2.75, 3.05) is 24.9 Å². The van der Waals surface area contributed by atoms with Crippen LogP contribution in [0, 0.1) is 0 Å². The molecular weight excluding hydrogens is 368 g/mol. The van der Waals surface area contributed by atoms with Crippen LogP contribution >= 0.6 is 11.6 Å². The topological polar surface area (TPSA) is 85.4 Å². The lowest BCUT2D eigenvalue weighted by Gasteiger charge is -2.10. The molecule has 2 aromatic carbocycles. The van der Waals surface area contributed by atoms with Crippen LogP contribution in [0.5, 0.6) is 11.5 Å². The van der Waals surface area contributed by atoms with Crippen LogP contribution in [0.2, 0.25) is 5.02 Å². The minimum absolute atomic E-state index is 0.325. The van der Waals surface area contributed by atoms with Crippen LogP contribution < -0.4 is 20.1 Å². The molecule has 27 heavy (non-hydrogen) atoms. The molecule has 7 nitrogen and oxygen atoms in total. The van der Waals surface area contributed by atoms with Crippen molar-refractivity contribution in [3.63, 3.8) is 0 Å². The van der Waals surface area contributed by atoms with E-state index in [9.17, 15) is 4.79 Å². The Hall–Kier alpha value is -3.32. The van der Waals surface area contributed by atoms with Crippen molar-refractivity contribution >= 4 is 34.8 Å². The Labute approximate surface area is 161 Å². The molecule has 0 bridgehead atoms. The predicted octanol–water partition coefficient (Wildman–Crippen LogP) is 4.14. The number of anilines is 3. The summed E-state index contributed by atoms with van der Waals surface area (Å²) in [6, 6.07) is 15.5. The molecule has 3 rings (SSSR count). The first-order chi connectivity index (χ1) is 13.1. The molecule has 8 heteroatoms. The van der Waals surface area contributed by atoms with Crippen LogP contribution in [-0.2, 0) is 0 Å². The van der Waals surface area contributed by atoms with E-state index in [0.717, 1.165) is 5.69 Å². The van der Waals surface area contributed by atoms with Gasteiger partial charge in [0.2, 0.25) is 0 Å². The zero-order chi connectivity index (χ0) is 19.2. The van der Waals surface area contributed by atoms with Crippen LogP contribution in [0.25, 0.3) is 0 Å². The van der Waals surface area contributed by atoms with E-state index in [4.69, 9.17) is 21.1 Å². The van der Waals surface area contributed by atoms with Crippen molar-refractivity contribution < 1.29 is 14.3 Å². The molecule has 0 aliphatic rings. The lowest BCUT2D eigenvalue weighted by molar-refractivity contribution is 0.102. The number of carbonyl (C=O) groups excluding carboxylic acids is 1. The number of aromatic nitrogens is 2. The maximum Gasteiger partial charge on any atom is 0.257 e. The summed E-state index contributed by atoms with van der Waals surface area (Å²) in [5.74, 6) is 1.54. The summed E-state index contributed by atoms with van der Waals surface area (Å²) >= 11 is 5.95. The Morgan fingerprint density at radius 3 is 2.33 bits per heavy atom. The molecule has 0 fully saturated rings. The van der Waals surface area contributed by atoms with Crippen molar-refractivity contribution in [1.82, 2.24) is 10.2 Å². The summed E-state index contributed by atoms with van der Waals surface area (Å²) in [4.78, 5) is 12.4. The summed E-state index contributed by atoms with van der Waals surface area (Å²) in [6.45, 7) is 0. The van der Waals surface area contributed by atoms with Gasteiger partial charge >= 0.3 is 0 Å². The molecule has 0 spiro atoms. The van der Waals surface area contributed by atoms with Gasteiger partial charge in [-0.1, -0.05) is 17.7 Å². The molecule has 0 atom stereocenters. The van der Waals surface area contributed by atoms with Gasteiger partial charge in [0.1, 0.15) is 0 Å². The molecule has 138 valence electrons. The Kier molecular flexibility index (Phi) is 5.73. The van der Waals surface area contributed by atoms with Crippen molar-refractivity contribution in [2.24, 2.45) is 0 Å². The second-order valence-electron chi connectivity index (χ2n) is 5.46. The number of methoxy groups -OCH3 is 2. The summed E-state index contributed by atoms with van der Waals surface area (Å²) < 4.78 is 10.4. The molecule has 0 saturated carbocycles. The molecule has 0 aliphatic heterocycles. The lowest BCUT2D eigenvalue weighted by Crippen LogP contribution is -2.13. The van der Waals surface area contributed by atoms with E-state index >= 15 is 0 Å². The zero-order valence-corrected chi connectivity index (χ0v) is 15.4. The second-order valence-corrected chi connectivity index (χ2v) is 5.90. The van der Waals surface area contributed by atoms with Gasteiger partial charge in [0, 0.05) is 16.3 Å². The SMILES string of the molecule is COc1ccc(C(=O)Nc2ccc(Nc3cccc(Cl)c3)nn2)cc1OC. The van der Waals surface area contributed by atoms with Crippen molar-refractivity contribution in [3.05, 3.63) is 65.2 Å². The number of ether oxygens (including phenoxy) is 2. The van der Waals surface area contributed by atoms with E-state index in [2.05, 4.69) is 20.8 Å². The van der Waals surface area contributed by atoms with Gasteiger partial charge in [0.15, 0.2) is 23.1 Å². The lowest BCUT2D eigenvalue weighted by atomic mass is 10.2. The highest BCUT2D eigenvalue weighted by Gasteiger charge is 2.12. The molecule has 1 amide bonds. The van der Waals surface area contributed by atoms with Gasteiger partial charge in [-0.25, -0.2) is 0 Å². The number of benzene rings is 2. The first-order valence-corrected chi connectivity index (χ1v) is 8.36. The van der Waals surface area contributed by atoms with Gasteiger partial charge in [-0.3, -0.25) is 4.79 Å². The van der Waals surface area contributed by atoms with Crippen molar-refractivity contribution in [1.29, 1.82) is 0 Å². The minimum Gasteiger partial charge on any atom is -0.493 e. The zero-order valence-electron chi connectivity index (χ0n) is 14.7. The smallest absolute Gasteiger partial charge is 0.257 e. The van der Waals surface area contributed by atoms with Crippen LogP contribution in [0.1, 0.15) is 10.4 Å². The number of nitrogens with zero attached hydrogens (tertiary/aromatic N) is 2. The van der Waals surface area contributed by atoms with Crippen molar-refractivity contribution in [3.8, 4) is 11.5 Å². The van der Waals surface area contributed by atoms with Gasteiger partial charge < -0.3 is 20.1 Å². The van der Waals surface area contributed by atoms with E-state index in [0.29, 0.717) is 33.7 Å². The van der Waals surface area contributed by atoms with Gasteiger partial charge in [-0.2, -0.15) is 0 Å². The average molecular weight is 385 g/mol. The van der Waals surface area contributed by atoms with Gasteiger partial charge in [0.05, 0.1) is 14.2 Å². The highest BCUT2D eigenvalue weighted by Crippen LogP contribution is 2.27. The van der Waals surface area contributed by atoms with Gasteiger partial charge in [0.25, 0.3) is 5.91 Å². The molecule has 0 radical (unpaired) electrons. The quantitative estimate of drug-likeness (QED) is 0.664. The standard InChI is InChI=1S/C19H17ClN4O3/c1-26-15-7-6-12(10-16(15)27-2)19(25)22-18-9-8-17(23-24-18)21-14-5-3-4-13(20)11-14/h3-11H,1-2H3,(H,21,23)(H,22,24,25). The monoisotopic (exact) mass is 384 g/mol. The fraction of sp³-hybridized carbons (Fsp3) is 0.105. The van der Waals surface area contributed by atoms with E-state index in [1.165, 1.54) is 14.2 Å². The highest BCUT2D eigenvalue weighted by atomic mass is 35.5. The molecule has 1 heterocycles. The third-order valence-corrected chi connectivity index (χ3v) is 3.88. The Balaban J connectivity index is 1.68. The normalized spacial score (nSPS) is 10.2. The summed E-state index contributed by atoms with van der Waals surface area (Å²) in [7, 11) is 3.04. The Bertz CT molecular complexity index is 948. The van der Waals surface area contributed by atoms with Crippen molar-refractivity contribution in [2.45, 2.75) is 0 Å². The molecule has 1 aromatic heterocycles. The predicted molar refractivity (Wildman–Crippen MR) is 104 cm³/mol. The molecular formula is C19H17ClN4O3. The van der Waals surface area contributed by atoms with E-state index in [1.54, 1.807) is 42.5 Å². The van der Waals surface area contributed by atoms with Crippen LogP contribution in [0.15, 0.2) is 54.6 Å². The van der Waals surface area contributed by atoms with E-state index in [1.807, 2.05) is 12.1 Å². The Morgan fingerprint density at radius 1 is 0.926 bits per heavy atom. The van der Waals surface area contributed by atoms with Crippen LogP contribution in [-0.4, -0.2) is 30.3 Å². The van der Waals surface area contributed by atoms with E-state index in [-0.39, 0.29) is 5.91 Å². The number of hydrogen-bond acceptors (Lipinski definition) is 6. The number of rotatable bonds is 6. The largest absolute Gasteiger partial charge is 0.493 e. The maximum absolute atomic E-state index is 12.4. The molecule has 3 aromatic rings. The number of halogens is 1. The van der Waals surface area contributed by atoms with Gasteiger partial charge in [-0.05, 0) is 48.5 Å². The molecule has 2 N–H and O–H groups in total.